The minimum atomic E-state index is -4.21. The first-order valence-corrected chi connectivity index (χ1v) is 7.97. The number of amides is 1. The number of hydrogen-bond acceptors (Lipinski definition) is 5. The Balaban J connectivity index is 1.87. The van der Waals surface area contributed by atoms with Gasteiger partial charge in [-0.25, -0.2) is 0 Å². The molecule has 0 unspecified atom stereocenters. The molecule has 8 heteroatoms. The quantitative estimate of drug-likeness (QED) is 0.792. The molecule has 0 saturated carbocycles. The Kier molecular flexibility index (Phi) is 4.81. The molecule has 116 valence electrons. The lowest BCUT2D eigenvalue weighted by Crippen LogP contribution is -2.48. The Bertz CT molecular complexity index is 591. The highest BCUT2D eigenvalue weighted by Crippen LogP contribution is 2.15. The van der Waals surface area contributed by atoms with Crippen LogP contribution in [0.4, 0.5) is 0 Å². The Morgan fingerprint density at radius 2 is 1.76 bits per heavy atom. The molecule has 2 rings (SSSR count). The maximum atomic E-state index is 12.0. The van der Waals surface area contributed by atoms with Gasteiger partial charge in [-0.05, 0) is 31.3 Å². The maximum absolute atomic E-state index is 12.0. The lowest BCUT2D eigenvalue weighted by molar-refractivity contribution is -0.134. The highest BCUT2D eigenvalue weighted by Gasteiger charge is 2.19. The zero-order chi connectivity index (χ0) is 15.5. The van der Waals surface area contributed by atoms with E-state index in [-0.39, 0.29) is 17.4 Å². The smallest absolute Gasteiger partial charge is 0.294 e. The third-order valence-electron chi connectivity index (χ3n) is 3.34. The van der Waals surface area contributed by atoms with Crippen LogP contribution in [0.2, 0.25) is 0 Å². The normalized spacial score (nSPS) is 16.8. The summed E-state index contributed by atoms with van der Waals surface area (Å²) in [5.41, 5.74) is 0. The number of likely N-dealkylation sites (N-methyl/N-ethyl adjacent to an activating group) is 1. The predicted octanol–water partition coefficient (Wildman–Crippen LogP) is 0.0861. The average molecular weight is 314 g/mol. The highest BCUT2D eigenvalue weighted by atomic mass is 32.2. The van der Waals surface area contributed by atoms with Gasteiger partial charge < -0.3 is 14.5 Å². The molecule has 1 fully saturated rings. The number of piperazine rings is 1. The third kappa shape index (κ3) is 4.42. The molecule has 1 aliphatic heterocycles. The molecule has 1 heterocycles. The summed E-state index contributed by atoms with van der Waals surface area (Å²) in [6.45, 7) is 2.96. The van der Waals surface area contributed by atoms with Crippen LogP contribution < -0.4 is 4.74 Å². The van der Waals surface area contributed by atoms with Crippen LogP contribution in [-0.4, -0.2) is 68.5 Å². The highest BCUT2D eigenvalue weighted by molar-refractivity contribution is 7.85. The van der Waals surface area contributed by atoms with Crippen LogP contribution in [0.3, 0.4) is 0 Å². The van der Waals surface area contributed by atoms with E-state index >= 15 is 0 Å². The van der Waals surface area contributed by atoms with Crippen molar-refractivity contribution in [3.63, 3.8) is 0 Å². The molecule has 1 amide bonds. The van der Waals surface area contributed by atoms with Crippen LogP contribution in [0, 0.1) is 0 Å². The molecule has 1 aromatic rings. The minimum Gasteiger partial charge on any atom is -0.484 e. The Morgan fingerprint density at radius 3 is 2.29 bits per heavy atom. The summed E-state index contributed by atoms with van der Waals surface area (Å²) in [6.07, 6.45) is 0. The molecule has 0 bridgehead atoms. The zero-order valence-corrected chi connectivity index (χ0v) is 12.5. The molecule has 21 heavy (non-hydrogen) atoms. The SMILES string of the molecule is CN1CCN(C(=O)COc2ccc(S(=O)(=O)O)cc2)CC1. The summed E-state index contributed by atoms with van der Waals surface area (Å²) in [5.74, 6) is 0.284. The minimum absolute atomic E-state index is 0.0884. The van der Waals surface area contributed by atoms with Crippen LogP contribution in [0.1, 0.15) is 0 Å². The number of carbonyl (C=O) groups is 1. The van der Waals surface area contributed by atoms with Crippen molar-refractivity contribution >= 4 is 16.0 Å². The molecule has 0 atom stereocenters. The topological polar surface area (TPSA) is 87.2 Å². The molecule has 0 aromatic heterocycles. The van der Waals surface area contributed by atoms with Crippen molar-refractivity contribution in [3.05, 3.63) is 24.3 Å². The number of carbonyl (C=O) groups excluding carboxylic acids is 1. The summed E-state index contributed by atoms with van der Waals surface area (Å²) in [7, 11) is -2.20. The van der Waals surface area contributed by atoms with Crippen molar-refractivity contribution in [2.24, 2.45) is 0 Å². The van der Waals surface area contributed by atoms with E-state index in [2.05, 4.69) is 4.90 Å². The first-order chi connectivity index (χ1) is 9.86. The fourth-order valence-corrected chi connectivity index (χ4v) is 2.48. The van der Waals surface area contributed by atoms with Crippen LogP contribution in [0.15, 0.2) is 29.2 Å². The van der Waals surface area contributed by atoms with Gasteiger partial charge in [0.15, 0.2) is 6.61 Å². The van der Waals surface area contributed by atoms with Gasteiger partial charge in [0.25, 0.3) is 16.0 Å². The van der Waals surface area contributed by atoms with E-state index in [1.54, 1.807) is 4.90 Å². The number of hydrogen-bond donors (Lipinski definition) is 1. The Hall–Kier alpha value is -1.64. The Morgan fingerprint density at radius 1 is 1.19 bits per heavy atom. The molecule has 1 aliphatic rings. The van der Waals surface area contributed by atoms with E-state index in [1.807, 2.05) is 7.05 Å². The van der Waals surface area contributed by atoms with Gasteiger partial charge in [-0.2, -0.15) is 8.42 Å². The van der Waals surface area contributed by atoms with E-state index in [1.165, 1.54) is 24.3 Å². The molecular formula is C13H18N2O5S. The van der Waals surface area contributed by atoms with Crippen molar-refractivity contribution in [1.82, 2.24) is 9.80 Å². The van der Waals surface area contributed by atoms with Gasteiger partial charge in [0.05, 0.1) is 4.90 Å². The van der Waals surface area contributed by atoms with Gasteiger partial charge in [-0.3, -0.25) is 9.35 Å². The summed E-state index contributed by atoms with van der Waals surface area (Å²) >= 11 is 0. The van der Waals surface area contributed by atoms with Crippen molar-refractivity contribution in [3.8, 4) is 5.75 Å². The van der Waals surface area contributed by atoms with E-state index in [4.69, 9.17) is 9.29 Å². The summed E-state index contributed by atoms with van der Waals surface area (Å²) in [6, 6.07) is 5.26. The lowest BCUT2D eigenvalue weighted by Gasteiger charge is -2.32. The molecule has 7 nitrogen and oxygen atoms in total. The maximum Gasteiger partial charge on any atom is 0.294 e. The van der Waals surface area contributed by atoms with Gasteiger partial charge in [0.1, 0.15) is 5.75 Å². The van der Waals surface area contributed by atoms with E-state index < -0.39 is 10.1 Å². The molecular weight excluding hydrogens is 296 g/mol. The van der Waals surface area contributed by atoms with Gasteiger partial charge in [-0.1, -0.05) is 0 Å². The van der Waals surface area contributed by atoms with Gasteiger partial charge in [-0.15, -0.1) is 0 Å². The predicted molar refractivity (Wildman–Crippen MR) is 75.8 cm³/mol. The second-order valence-electron chi connectivity index (χ2n) is 4.92. The molecule has 1 aromatic carbocycles. The molecule has 0 radical (unpaired) electrons. The second kappa shape index (κ2) is 6.42. The number of benzene rings is 1. The summed E-state index contributed by atoms with van der Waals surface area (Å²) in [4.78, 5) is 15.6. The van der Waals surface area contributed by atoms with Crippen LogP contribution in [-0.2, 0) is 14.9 Å². The third-order valence-corrected chi connectivity index (χ3v) is 4.21. The fraction of sp³-hybridized carbons (Fsp3) is 0.462. The molecule has 1 saturated heterocycles. The summed E-state index contributed by atoms with van der Waals surface area (Å²) < 4.78 is 36.0. The standard InChI is InChI=1S/C13H18N2O5S/c1-14-6-8-15(9-7-14)13(16)10-20-11-2-4-12(5-3-11)21(17,18)19/h2-5H,6-10H2,1H3,(H,17,18,19). The monoisotopic (exact) mass is 314 g/mol. The van der Waals surface area contributed by atoms with Gasteiger partial charge >= 0.3 is 0 Å². The van der Waals surface area contributed by atoms with Crippen LogP contribution in [0.25, 0.3) is 0 Å². The van der Waals surface area contributed by atoms with Crippen molar-refractivity contribution in [1.29, 1.82) is 0 Å². The first kappa shape index (κ1) is 15.7. The summed E-state index contributed by atoms with van der Waals surface area (Å²) in [5, 5.41) is 0. The van der Waals surface area contributed by atoms with Crippen molar-refractivity contribution in [2.75, 3.05) is 39.8 Å². The Labute approximate surface area is 123 Å². The largest absolute Gasteiger partial charge is 0.484 e. The molecule has 1 N–H and O–H groups in total. The van der Waals surface area contributed by atoms with Gasteiger partial charge in [0.2, 0.25) is 0 Å². The van der Waals surface area contributed by atoms with Crippen molar-refractivity contribution < 1.29 is 22.5 Å². The van der Waals surface area contributed by atoms with Crippen LogP contribution in [0.5, 0.6) is 5.75 Å². The van der Waals surface area contributed by atoms with Gasteiger partial charge in [0, 0.05) is 26.2 Å². The lowest BCUT2D eigenvalue weighted by atomic mass is 10.3. The number of rotatable bonds is 4. The molecule has 0 aliphatic carbocycles. The van der Waals surface area contributed by atoms with E-state index in [0.29, 0.717) is 18.8 Å². The van der Waals surface area contributed by atoms with Crippen molar-refractivity contribution in [2.45, 2.75) is 4.90 Å². The van der Waals surface area contributed by atoms with E-state index in [0.717, 1.165) is 13.1 Å². The first-order valence-electron chi connectivity index (χ1n) is 6.53. The number of nitrogens with zero attached hydrogens (tertiary/aromatic N) is 2. The average Bonchev–Trinajstić information content (AvgIpc) is 2.45. The zero-order valence-electron chi connectivity index (χ0n) is 11.7. The van der Waals surface area contributed by atoms with E-state index in [9.17, 15) is 13.2 Å². The van der Waals surface area contributed by atoms with Crippen LogP contribution >= 0.6 is 0 Å². The fourth-order valence-electron chi connectivity index (χ4n) is 2.00. The molecule has 0 spiro atoms. The second-order valence-corrected chi connectivity index (χ2v) is 6.34. The number of ether oxygens (including phenoxy) is 1.